The van der Waals surface area contributed by atoms with Crippen LogP contribution in [0.3, 0.4) is 0 Å². The van der Waals surface area contributed by atoms with Gasteiger partial charge in [-0.05, 0) is 25.7 Å². The van der Waals surface area contributed by atoms with Gasteiger partial charge in [-0.1, -0.05) is 53.4 Å². The molecule has 0 saturated heterocycles. The molecule has 0 amide bonds. The van der Waals surface area contributed by atoms with Crippen LogP contribution in [0.2, 0.25) is 0 Å². The van der Waals surface area contributed by atoms with Crippen molar-refractivity contribution in [2.75, 3.05) is 0 Å². The van der Waals surface area contributed by atoms with Crippen molar-refractivity contribution in [2.24, 2.45) is 28.2 Å². The first kappa shape index (κ1) is 45.0. The molecule has 12 nitrogen and oxygen atoms in total. The van der Waals surface area contributed by atoms with Gasteiger partial charge in [0.2, 0.25) is 25.3 Å². The highest BCUT2D eigenvalue weighted by atomic mass is 31.2. The molecule has 0 aliphatic heterocycles. The van der Waals surface area contributed by atoms with Crippen LogP contribution in [-0.4, -0.2) is 18.3 Å². The van der Waals surface area contributed by atoms with Crippen molar-refractivity contribution >= 4 is 7.82 Å². The third kappa shape index (κ3) is 27.2. The summed E-state index contributed by atoms with van der Waals surface area (Å²) in [6.45, 7) is 13.4. The van der Waals surface area contributed by atoms with E-state index in [9.17, 15) is 0 Å². The minimum absolute atomic E-state index is 0. The third-order valence-electron chi connectivity index (χ3n) is 6.37. The Morgan fingerprint density at radius 3 is 0.761 bits per heavy atom. The average Bonchev–Trinajstić information content (AvgIpc) is 3.78. The number of rotatable bonds is 12. The molecule has 0 aliphatic rings. The van der Waals surface area contributed by atoms with Gasteiger partial charge in [0.05, 0.1) is 54.4 Å². The van der Waals surface area contributed by atoms with E-state index in [2.05, 4.69) is 139 Å². The monoisotopic (exact) mass is 670 g/mol. The Kier molecular flexibility index (Phi) is 26.4. The molecule has 0 N–H and O–H groups in total. The molecule has 264 valence electrons. The number of unbranched alkanes of at least 4 members (excludes halogenated alkanes) is 4. The van der Waals surface area contributed by atoms with E-state index in [1.807, 2.05) is 28.2 Å². The zero-order chi connectivity index (χ0) is 34.1. The first-order valence-electron chi connectivity index (χ1n) is 16.1. The summed E-state index contributed by atoms with van der Waals surface area (Å²) in [7, 11) is 2.79. The summed E-state index contributed by atoms with van der Waals surface area (Å²) >= 11 is 0. The number of nitrogens with zero attached hydrogens (tertiary/aromatic N) is 8. The highest BCUT2D eigenvalue weighted by Crippen LogP contribution is 2.03. The van der Waals surface area contributed by atoms with E-state index in [-0.39, 0.29) is 4.70 Å². The van der Waals surface area contributed by atoms with E-state index >= 15 is 0 Å². The number of imidazole rings is 4. The molecular weight excluding hydrogens is 610 g/mol. The molecule has 4 rings (SSSR count). The molecule has 0 saturated carbocycles. The molecule has 4 heterocycles. The summed E-state index contributed by atoms with van der Waals surface area (Å²) in [6, 6.07) is 0. The van der Waals surface area contributed by atoms with Crippen LogP contribution in [0.1, 0.15) is 79.1 Å². The second kappa shape index (κ2) is 27.0. The van der Waals surface area contributed by atoms with Crippen LogP contribution in [0, 0.1) is 0 Å². The SMILES string of the molecule is CCCCn1cc[n+](C)c1.CCCCn1cc[n+](C)c1.CCCCn1cc[n+](C)c1.CCCCn1cc[n+](C)c1.O=P([O-])([O-])[O-].[F-]. The van der Waals surface area contributed by atoms with E-state index in [0.29, 0.717) is 0 Å². The van der Waals surface area contributed by atoms with Crippen molar-refractivity contribution in [1.29, 1.82) is 0 Å². The van der Waals surface area contributed by atoms with Gasteiger partial charge in [-0.25, -0.2) is 36.5 Å². The number of aryl methyl sites for hydroxylation is 8. The van der Waals surface area contributed by atoms with Crippen molar-refractivity contribution in [3.05, 3.63) is 74.9 Å². The summed E-state index contributed by atoms with van der Waals surface area (Å²) in [5.74, 6) is 0. The van der Waals surface area contributed by atoms with Gasteiger partial charge >= 0.3 is 0 Å². The second-order valence-electron chi connectivity index (χ2n) is 11.1. The Balaban J connectivity index is 0. The van der Waals surface area contributed by atoms with Crippen LogP contribution in [0.15, 0.2) is 74.9 Å². The van der Waals surface area contributed by atoms with Crippen LogP contribution in [0.4, 0.5) is 0 Å². The lowest BCUT2D eigenvalue weighted by atomic mass is 10.3. The van der Waals surface area contributed by atoms with E-state index in [0.717, 1.165) is 26.2 Å². The van der Waals surface area contributed by atoms with Crippen LogP contribution < -0.4 is 37.7 Å². The molecule has 0 bridgehead atoms. The summed E-state index contributed by atoms with van der Waals surface area (Å²) in [5.41, 5.74) is 0. The minimum Gasteiger partial charge on any atom is -1.00 e. The highest BCUT2D eigenvalue weighted by Gasteiger charge is 1.99. The van der Waals surface area contributed by atoms with Crippen molar-refractivity contribution < 1.29 is 42.2 Å². The number of hydrogen-bond acceptors (Lipinski definition) is 4. The predicted molar refractivity (Wildman–Crippen MR) is 170 cm³/mol. The Morgan fingerprint density at radius 1 is 0.478 bits per heavy atom. The van der Waals surface area contributed by atoms with Gasteiger partial charge in [0.25, 0.3) is 0 Å². The van der Waals surface area contributed by atoms with E-state index < -0.39 is 7.82 Å². The summed E-state index contributed by atoms with van der Waals surface area (Å²) in [6.07, 6.45) is 35.3. The van der Waals surface area contributed by atoms with Crippen molar-refractivity contribution in [2.45, 2.75) is 105 Å². The van der Waals surface area contributed by atoms with Gasteiger partial charge in [0, 0.05) is 0 Å². The zero-order valence-electron chi connectivity index (χ0n) is 29.4. The molecule has 0 spiro atoms. The first-order valence-corrected chi connectivity index (χ1v) is 17.5. The standard InChI is InChI=1S/4C8H15N2.FH.H3O4P/c4*1-3-4-5-10-7-6-9(2)8-10;;1-5(2,3)4/h4*6-8H,3-5H2,1-2H3;1H;(H3,1,2,3,4)/q4*+1;;/p-4. The second-order valence-corrected chi connectivity index (χ2v) is 12.0. The molecule has 14 heteroatoms. The summed E-state index contributed by atoms with van der Waals surface area (Å²) in [4.78, 5) is 25.6. The van der Waals surface area contributed by atoms with Gasteiger partial charge < -0.3 is 23.9 Å². The fourth-order valence-corrected chi connectivity index (χ4v) is 3.90. The number of halogens is 1. The fraction of sp³-hybridized carbons (Fsp3) is 0.625. The quantitative estimate of drug-likeness (QED) is 0.137. The van der Waals surface area contributed by atoms with Crippen LogP contribution in [0.25, 0.3) is 0 Å². The Morgan fingerprint density at radius 2 is 0.652 bits per heavy atom. The number of hydrogen-bond donors (Lipinski definition) is 0. The third-order valence-corrected chi connectivity index (χ3v) is 6.37. The molecular formula is C32H60FN8O4P. The van der Waals surface area contributed by atoms with E-state index in [1.54, 1.807) is 0 Å². The maximum Gasteiger partial charge on any atom is 0.243 e. The Labute approximate surface area is 276 Å². The first-order chi connectivity index (χ1) is 21.3. The summed E-state index contributed by atoms with van der Waals surface area (Å²) in [5, 5.41) is 0. The van der Waals surface area contributed by atoms with Crippen LogP contribution >= 0.6 is 7.82 Å². The molecule has 0 fully saturated rings. The smallest absolute Gasteiger partial charge is 0.243 e. The maximum absolute atomic E-state index is 8.55. The largest absolute Gasteiger partial charge is 1.00 e. The van der Waals surface area contributed by atoms with Gasteiger partial charge in [0.1, 0.15) is 49.6 Å². The Hall–Kier alpha value is -3.12. The topological polar surface area (TPSA) is 121 Å². The lowest BCUT2D eigenvalue weighted by Gasteiger charge is -2.36. The fourth-order valence-electron chi connectivity index (χ4n) is 3.90. The van der Waals surface area contributed by atoms with Gasteiger partial charge in [-0.2, -0.15) is 7.82 Å². The van der Waals surface area contributed by atoms with Gasteiger partial charge in [0.15, 0.2) is 0 Å². The van der Waals surface area contributed by atoms with Gasteiger partial charge in [-0.3, -0.25) is 0 Å². The molecule has 0 aliphatic carbocycles. The highest BCUT2D eigenvalue weighted by molar-refractivity contribution is 7.40. The van der Waals surface area contributed by atoms with Crippen LogP contribution in [-0.2, 0) is 58.9 Å². The molecule has 0 atom stereocenters. The molecule has 4 aromatic rings. The number of aromatic nitrogens is 8. The predicted octanol–water partition coefficient (Wildman–Crippen LogP) is -1.37. The zero-order valence-corrected chi connectivity index (χ0v) is 30.3. The molecule has 0 aromatic carbocycles. The molecule has 46 heavy (non-hydrogen) atoms. The normalized spacial score (nSPS) is 10.2. The Bertz CT molecular complexity index is 1110. The lowest BCUT2D eigenvalue weighted by molar-refractivity contribution is -0.671. The van der Waals surface area contributed by atoms with Crippen LogP contribution in [0.5, 0.6) is 0 Å². The van der Waals surface area contributed by atoms with Crippen molar-refractivity contribution in [3.8, 4) is 0 Å². The summed E-state index contributed by atoms with van der Waals surface area (Å²) < 4.78 is 25.7. The molecule has 4 aromatic heterocycles. The van der Waals surface area contributed by atoms with Crippen molar-refractivity contribution in [1.82, 2.24) is 18.3 Å². The van der Waals surface area contributed by atoms with Gasteiger partial charge in [-0.15, -0.1) is 0 Å². The van der Waals surface area contributed by atoms with Crippen molar-refractivity contribution in [3.63, 3.8) is 0 Å². The van der Waals surface area contributed by atoms with E-state index in [1.165, 1.54) is 51.4 Å². The molecule has 0 unspecified atom stereocenters. The minimum atomic E-state index is -5.39. The maximum atomic E-state index is 8.55. The van der Waals surface area contributed by atoms with E-state index in [4.69, 9.17) is 19.2 Å². The number of phosphoric acid groups is 1. The lowest BCUT2D eigenvalue weighted by Crippen LogP contribution is -3.00. The average molecular weight is 671 g/mol. The molecule has 0 radical (unpaired) electrons.